The smallest absolute Gasteiger partial charge is 0.156 e. The molecule has 1 heterocycles. The third-order valence-corrected chi connectivity index (χ3v) is 2.82. The lowest BCUT2D eigenvalue weighted by Gasteiger charge is -2.36. The summed E-state index contributed by atoms with van der Waals surface area (Å²) in [7, 11) is 2.11. The lowest BCUT2D eigenvalue weighted by molar-refractivity contribution is 0.132. The van der Waals surface area contributed by atoms with E-state index in [9.17, 15) is 0 Å². The monoisotopic (exact) mass is 200 g/mol. The van der Waals surface area contributed by atoms with Gasteiger partial charge in [0.05, 0.1) is 6.04 Å². The van der Waals surface area contributed by atoms with E-state index in [1.807, 2.05) is 0 Å². The standard InChI is InChI=1S/C9H20N4O/c1-3-8(9(10)11-14)13-6-4-12(2)5-7-13/h8,14H,3-7H2,1-2H3,(H2,10,11). The average molecular weight is 200 g/mol. The van der Waals surface area contributed by atoms with Crippen molar-refractivity contribution >= 4 is 5.84 Å². The Kier molecular flexibility index (Phi) is 4.16. The molecule has 14 heavy (non-hydrogen) atoms. The van der Waals surface area contributed by atoms with Gasteiger partial charge in [0.1, 0.15) is 0 Å². The number of amidine groups is 1. The first kappa shape index (κ1) is 11.3. The van der Waals surface area contributed by atoms with Gasteiger partial charge in [0.25, 0.3) is 0 Å². The predicted molar refractivity (Wildman–Crippen MR) is 56.6 cm³/mol. The molecule has 0 aromatic rings. The number of likely N-dealkylation sites (N-methyl/N-ethyl adjacent to an activating group) is 1. The van der Waals surface area contributed by atoms with Crippen LogP contribution >= 0.6 is 0 Å². The molecular weight excluding hydrogens is 180 g/mol. The summed E-state index contributed by atoms with van der Waals surface area (Å²) >= 11 is 0. The molecule has 0 amide bonds. The quantitative estimate of drug-likeness (QED) is 0.285. The van der Waals surface area contributed by atoms with Gasteiger partial charge in [-0.2, -0.15) is 0 Å². The molecule has 0 saturated carbocycles. The Bertz CT molecular complexity index is 199. The fraction of sp³-hybridized carbons (Fsp3) is 0.889. The van der Waals surface area contributed by atoms with Crippen molar-refractivity contribution in [3.63, 3.8) is 0 Å². The van der Waals surface area contributed by atoms with Crippen LogP contribution in [-0.2, 0) is 0 Å². The third-order valence-electron chi connectivity index (χ3n) is 2.82. The highest BCUT2D eigenvalue weighted by Crippen LogP contribution is 2.08. The Morgan fingerprint density at radius 1 is 1.43 bits per heavy atom. The van der Waals surface area contributed by atoms with E-state index in [1.54, 1.807) is 0 Å². The van der Waals surface area contributed by atoms with E-state index in [0.717, 1.165) is 32.6 Å². The normalized spacial score (nSPS) is 23.7. The van der Waals surface area contributed by atoms with Gasteiger partial charge in [-0.25, -0.2) is 0 Å². The van der Waals surface area contributed by atoms with E-state index in [0.29, 0.717) is 5.84 Å². The highest BCUT2D eigenvalue weighted by Gasteiger charge is 2.23. The molecule has 5 nitrogen and oxygen atoms in total. The van der Waals surface area contributed by atoms with Crippen LogP contribution in [-0.4, -0.2) is 60.1 Å². The maximum Gasteiger partial charge on any atom is 0.156 e. The largest absolute Gasteiger partial charge is 0.409 e. The van der Waals surface area contributed by atoms with Gasteiger partial charge in [-0.3, -0.25) is 4.90 Å². The van der Waals surface area contributed by atoms with Gasteiger partial charge in [-0.1, -0.05) is 12.1 Å². The topological polar surface area (TPSA) is 65.1 Å². The van der Waals surface area contributed by atoms with Gasteiger partial charge in [0.2, 0.25) is 0 Å². The summed E-state index contributed by atoms with van der Waals surface area (Å²) in [6, 6.07) is 0.0914. The molecule has 1 rings (SSSR count). The molecule has 82 valence electrons. The number of hydrogen-bond acceptors (Lipinski definition) is 4. The van der Waals surface area contributed by atoms with Crippen LogP contribution in [0.25, 0.3) is 0 Å². The minimum Gasteiger partial charge on any atom is -0.409 e. The average Bonchev–Trinajstić information content (AvgIpc) is 2.21. The van der Waals surface area contributed by atoms with Crippen molar-refractivity contribution in [2.75, 3.05) is 33.2 Å². The molecule has 5 heteroatoms. The molecule has 0 bridgehead atoms. The van der Waals surface area contributed by atoms with Crippen LogP contribution in [0.2, 0.25) is 0 Å². The van der Waals surface area contributed by atoms with Crippen molar-refractivity contribution in [1.29, 1.82) is 0 Å². The van der Waals surface area contributed by atoms with Crippen LogP contribution in [0.15, 0.2) is 5.16 Å². The van der Waals surface area contributed by atoms with Crippen molar-refractivity contribution in [3.05, 3.63) is 0 Å². The zero-order valence-electron chi connectivity index (χ0n) is 8.98. The molecule has 1 fully saturated rings. The molecule has 0 radical (unpaired) electrons. The first-order chi connectivity index (χ1) is 6.69. The Morgan fingerprint density at radius 2 is 2.00 bits per heavy atom. The third kappa shape index (κ3) is 2.59. The molecule has 1 aliphatic heterocycles. The Balaban J connectivity index is 2.53. The lowest BCUT2D eigenvalue weighted by atomic mass is 10.1. The molecule has 0 spiro atoms. The molecule has 1 unspecified atom stereocenters. The molecule has 3 N–H and O–H groups in total. The summed E-state index contributed by atoms with van der Waals surface area (Å²) in [5.41, 5.74) is 5.64. The number of rotatable bonds is 3. The van der Waals surface area contributed by atoms with E-state index in [1.165, 1.54) is 0 Å². The van der Waals surface area contributed by atoms with Crippen molar-refractivity contribution in [3.8, 4) is 0 Å². The second kappa shape index (κ2) is 5.17. The maximum absolute atomic E-state index is 8.64. The maximum atomic E-state index is 8.64. The fourth-order valence-electron chi connectivity index (χ4n) is 1.85. The van der Waals surface area contributed by atoms with E-state index >= 15 is 0 Å². The van der Waals surface area contributed by atoms with E-state index in [4.69, 9.17) is 10.9 Å². The lowest BCUT2D eigenvalue weighted by Crippen LogP contribution is -2.53. The van der Waals surface area contributed by atoms with Gasteiger partial charge < -0.3 is 15.8 Å². The molecule has 0 aliphatic carbocycles. The molecule has 0 aromatic carbocycles. The summed E-state index contributed by atoms with van der Waals surface area (Å²) < 4.78 is 0. The zero-order valence-corrected chi connectivity index (χ0v) is 8.98. The molecule has 0 aromatic heterocycles. The Hall–Kier alpha value is -0.810. The SMILES string of the molecule is CCC(C(N)=NO)N1CCN(C)CC1. The number of hydrogen-bond donors (Lipinski definition) is 2. The second-order valence-corrected chi connectivity index (χ2v) is 3.79. The number of oxime groups is 1. The highest BCUT2D eigenvalue weighted by atomic mass is 16.4. The van der Waals surface area contributed by atoms with Crippen molar-refractivity contribution in [1.82, 2.24) is 9.80 Å². The van der Waals surface area contributed by atoms with Crippen molar-refractivity contribution in [2.45, 2.75) is 19.4 Å². The number of nitrogens with two attached hydrogens (primary N) is 1. The molecule has 1 saturated heterocycles. The van der Waals surface area contributed by atoms with Crippen LogP contribution in [0, 0.1) is 0 Å². The fourth-order valence-corrected chi connectivity index (χ4v) is 1.85. The minimum atomic E-state index is 0.0914. The van der Waals surface area contributed by atoms with Gasteiger partial charge >= 0.3 is 0 Å². The van der Waals surface area contributed by atoms with Gasteiger partial charge in [-0.05, 0) is 13.5 Å². The van der Waals surface area contributed by atoms with Gasteiger partial charge in [-0.15, -0.1) is 0 Å². The Morgan fingerprint density at radius 3 is 2.43 bits per heavy atom. The van der Waals surface area contributed by atoms with Crippen molar-refractivity contribution in [2.24, 2.45) is 10.9 Å². The van der Waals surface area contributed by atoms with Crippen LogP contribution < -0.4 is 5.73 Å². The number of piperazine rings is 1. The summed E-state index contributed by atoms with van der Waals surface area (Å²) in [4.78, 5) is 4.56. The summed E-state index contributed by atoms with van der Waals surface area (Å²) in [5.74, 6) is 0.331. The van der Waals surface area contributed by atoms with Crippen LogP contribution in [0.4, 0.5) is 0 Å². The molecular formula is C9H20N4O. The highest BCUT2D eigenvalue weighted by molar-refractivity contribution is 5.85. The first-order valence-electron chi connectivity index (χ1n) is 5.09. The number of nitrogens with zero attached hydrogens (tertiary/aromatic N) is 3. The molecule has 1 aliphatic rings. The predicted octanol–water partition coefficient (Wildman–Crippen LogP) is -0.241. The van der Waals surface area contributed by atoms with Crippen molar-refractivity contribution < 1.29 is 5.21 Å². The van der Waals surface area contributed by atoms with Gasteiger partial charge in [0, 0.05) is 26.2 Å². The van der Waals surface area contributed by atoms with Crippen LogP contribution in [0.3, 0.4) is 0 Å². The van der Waals surface area contributed by atoms with E-state index < -0.39 is 0 Å². The minimum absolute atomic E-state index is 0.0914. The van der Waals surface area contributed by atoms with Crippen LogP contribution in [0.5, 0.6) is 0 Å². The van der Waals surface area contributed by atoms with E-state index in [2.05, 4.69) is 28.9 Å². The zero-order chi connectivity index (χ0) is 10.6. The van der Waals surface area contributed by atoms with E-state index in [-0.39, 0.29) is 6.04 Å². The Labute approximate surface area is 85.2 Å². The van der Waals surface area contributed by atoms with Crippen LogP contribution in [0.1, 0.15) is 13.3 Å². The first-order valence-corrected chi connectivity index (χ1v) is 5.09. The molecule has 1 atom stereocenters. The second-order valence-electron chi connectivity index (χ2n) is 3.79. The summed E-state index contributed by atoms with van der Waals surface area (Å²) in [6.45, 7) is 6.14. The summed E-state index contributed by atoms with van der Waals surface area (Å²) in [6.07, 6.45) is 0.888. The van der Waals surface area contributed by atoms with Gasteiger partial charge in [0.15, 0.2) is 5.84 Å². The summed E-state index contributed by atoms with van der Waals surface area (Å²) in [5, 5.41) is 11.7.